The molecule has 1 unspecified atom stereocenters. The van der Waals surface area contributed by atoms with Crippen LogP contribution in [0.3, 0.4) is 0 Å². The van der Waals surface area contributed by atoms with Gasteiger partial charge in [-0.25, -0.2) is 9.18 Å². The minimum absolute atomic E-state index is 0.0360. The molecule has 1 aromatic heterocycles. The molecular formula is C20H23FN2O2S. The van der Waals surface area contributed by atoms with Gasteiger partial charge in [-0.3, -0.25) is 4.90 Å². The molecular weight excluding hydrogens is 351 g/mol. The highest BCUT2D eigenvalue weighted by atomic mass is 32.1. The third-order valence-corrected chi connectivity index (χ3v) is 6.44. The van der Waals surface area contributed by atoms with Gasteiger partial charge >= 0.3 is 6.09 Å². The highest BCUT2D eigenvalue weighted by molar-refractivity contribution is 7.14. The number of ether oxygens (including phenoxy) is 1. The number of carbonyl (C=O) groups excluding carboxylic acids is 1. The molecule has 1 amide bonds. The maximum Gasteiger partial charge on any atom is 0.415 e. The minimum Gasteiger partial charge on any atom is -0.446 e. The van der Waals surface area contributed by atoms with Crippen LogP contribution in [0.1, 0.15) is 31.2 Å². The van der Waals surface area contributed by atoms with Crippen molar-refractivity contribution in [3.63, 3.8) is 0 Å². The second-order valence-electron chi connectivity index (χ2n) is 7.19. The monoisotopic (exact) mass is 374 g/mol. The summed E-state index contributed by atoms with van der Waals surface area (Å²) in [6.07, 6.45) is 3.80. The Bertz CT molecular complexity index is 753. The molecule has 2 aromatic rings. The lowest BCUT2D eigenvalue weighted by atomic mass is 10.0. The van der Waals surface area contributed by atoms with Crippen LogP contribution in [-0.4, -0.2) is 36.2 Å². The maximum absolute atomic E-state index is 13.5. The Labute approximate surface area is 157 Å². The van der Waals surface area contributed by atoms with Crippen LogP contribution in [0.25, 0.3) is 0 Å². The quantitative estimate of drug-likeness (QED) is 0.781. The highest BCUT2D eigenvalue weighted by Gasteiger charge is 2.40. The summed E-state index contributed by atoms with van der Waals surface area (Å²) in [7, 11) is 2.17. The van der Waals surface area contributed by atoms with Crippen molar-refractivity contribution < 1.29 is 13.9 Å². The van der Waals surface area contributed by atoms with E-state index in [1.54, 1.807) is 11.0 Å². The van der Waals surface area contributed by atoms with Gasteiger partial charge in [0.15, 0.2) is 0 Å². The molecule has 2 bridgehead atoms. The van der Waals surface area contributed by atoms with Gasteiger partial charge in [-0.2, -0.15) is 0 Å². The first-order valence-corrected chi connectivity index (χ1v) is 9.96. The van der Waals surface area contributed by atoms with Crippen LogP contribution in [-0.2, 0) is 11.3 Å². The summed E-state index contributed by atoms with van der Waals surface area (Å²) in [5.74, 6) is -0.297. The molecule has 0 radical (unpaired) electrons. The number of piperidine rings is 1. The van der Waals surface area contributed by atoms with Crippen molar-refractivity contribution in [2.75, 3.05) is 11.9 Å². The van der Waals surface area contributed by atoms with Crippen molar-refractivity contribution in [3.05, 3.63) is 53.2 Å². The van der Waals surface area contributed by atoms with Gasteiger partial charge in [0.25, 0.3) is 0 Å². The Morgan fingerprint density at radius 2 is 2.04 bits per heavy atom. The van der Waals surface area contributed by atoms with E-state index in [1.807, 2.05) is 23.6 Å². The van der Waals surface area contributed by atoms with Crippen molar-refractivity contribution in [1.29, 1.82) is 0 Å². The number of halogens is 1. The summed E-state index contributed by atoms with van der Waals surface area (Å²) in [6.45, 7) is 0.302. The van der Waals surface area contributed by atoms with E-state index >= 15 is 0 Å². The first-order chi connectivity index (χ1) is 12.6. The molecule has 138 valence electrons. The average Bonchev–Trinajstić information content (AvgIpc) is 3.19. The Hall–Kier alpha value is -1.92. The molecule has 3 atom stereocenters. The van der Waals surface area contributed by atoms with Gasteiger partial charge in [-0.05, 0) is 55.1 Å². The van der Waals surface area contributed by atoms with Crippen LogP contribution in [0, 0.1) is 5.82 Å². The Morgan fingerprint density at radius 3 is 2.69 bits per heavy atom. The van der Waals surface area contributed by atoms with Crippen molar-refractivity contribution in [2.45, 2.75) is 50.4 Å². The predicted molar refractivity (Wildman–Crippen MR) is 101 cm³/mol. The summed E-state index contributed by atoms with van der Waals surface area (Å²) < 4.78 is 19.4. The van der Waals surface area contributed by atoms with E-state index in [4.69, 9.17) is 4.74 Å². The highest BCUT2D eigenvalue weighted by Crippen LogP contribution is 2.36. The molecule has 1 aromatic carbocycles. The third-order valence-electron chi connectivity index (χ3n) is 5.54. The Kier molecular flexibility index (Phi) is 4.96. The molecule has 4 rings (SSSR count). The second kappa shape index (κ2) is 7.37. The predicted octanol–water partition coefficient (Wildman–Crippen LogP) is 4.66. The van der Waals surface area contributed by atoms with Crippen LogP contribution < -0.4 is 4.90 Å². The molecule has 6 heteroatoms. The number of rotatable bonds is 4. The molecule has 26 heavy (non-hydrogen) atoms. The second-order valence-corrected chi connectivity index (χ2v) is 8.12. The fourth-order valence-corrected chi connectivity index (χ4v) is 4.86. The lowest BCUT2D eigenvalue weighted by Gasteiger charge is -2.36. The lowest BCUT2D eigenvalue weighted by Crippen LogP contribution is -2.45. The zero-order chi connectivity index (χ0) is 18.1. The lowest BCUT2D eigenvalue weighted by molar-refractivity contribution is 0.0315. The van der Waals surface area contributed by atoms with E-state index in [0.29, 0.717) is 18.6 Å². The van der Waals surface area contributed by atoms with Crippen molar-refractivity contribution in [3.8, 4) is 0 Å². The molecule has 0 saturated carbocycles. The van der Waals surface area contributed by atoms with Gasteiger partial charge in [-0.15, -0.1) is 11.3 Å². The number of anilines is 1. The maximum atomic E-state index is 13.5. The van der Waals surface area contributed by atoms with Gasteiger partial charge in [0.1, 0.15) is 16.9 Å². The molecule has 2 aliphatic rings. The summed E-state index contributed by atoms with van der Waals surface area (Å²) in [5.41, 5.74) is 0.749. The molecule has 0 spiro atoms. The number of fused-ring (bicyclic) bond motifs is 2. The van der Waals surface area contributed by atoms with Crippen LogP contribution in [0.5, 0.6) is 0 Å². The zero-order valence-electron chi connectivity index (χ0n) is 14.8. The molecule has 4 nitrogen and oxygen atoms in total. The topological polar surface area (TPSA) is 32.8 Å². The fourth-order valence-electron chi connectivity index (χ4n) is 4.14. The summed E-state index contributed by atoms with van der Waals surface area (Å²) in [6, 6.07) is 11.2. The van der Waals surface area contributed by atoms with Gasteiger partial charge in [0.05, 0.1) is 6.54 Å². The first-order valence-electron chi connectivity index (χ1n) is 9.08. The third kappa shape index (κ3) is 3.62. The Morgan fingerprint density at radius 1 is 1.27 bits per heavy atom. The number of nitrogens with zero attached hydrogens (tertiary/aromatic N) is 2. The molecule has 2 fully saturated rings. The van der Waals surface area contributed by atoms with E-state index in [-0.39, 0.29) is 18.0 Å². The van der Waals surface area contributed by atoms with E-state index in [2.05, 4.69) is 11.9 Å². The van der Waals surface area contributed by atoms with Crippen LogP contribution in [0.2, 0.25) is 0 Å². The van der Waals surface area contributed by atoms with Crippen molar-refractivity contribution in [2.24, 2.45) is 0 Å². The largest absolute Gasteiger partial charge is 0.446 e. The number of benzene rings is 1. The molecule has 0 N–H and O–H groups in total. The smallest absolute Gasteiger partial charge is 0.415 e. The fraction of sp³-hybridized carbons (Fsp3) is 0.450. The SMILES string of the molecule is CN1[C@@H]2CC[C@H]1CC(OC(=O)N(Cc1cccc(F)c1)c1cccs1)C2. The molecule has 3 heterocycles. The van der Waals surface area contributed by atoms with Crippen molar-refractivity contribution in [1.82, 2.24) is 4.90 Å². The van der Waals surface area contributed by atoms with Crippen LogP contribution >= 0.6 is 11.3 Å². The number of thiophene rings is 1. The van der Waals surface area contributed by atoms with E-state index in [1.165, 1.54) is 36.3 Å². The van der Waals surface area contributed by atoms with Gasteiger partial charge < -0.3 is 9.64 Å². The molecule has 2 saturated heterocycles. The molecule has 0 aliphatic carbocycles. The Balaban J connectivity index is 1.48. The number of carbonyl (C=O) groups is 1. The number of amides is 1. The molecule has 2 aliphatic heterocycles. The van der Waals surface area contributed by atoms with Crippen LogP contribution in [0.15, 0.2) is 41.8 Å². The first kappa shape index (κ1) is 17.5. The summed E-state index contributed by atoms with van der Waals surface area (Å²) in [5, 5.41) is 2.74. The van der Waals surface area contributed by atoms with Crippen LogP contribution in [0.4, 0.5) is 14.2 Å². The van der Waals surface area contributed by atoms with Gasteiger partial charge in [0, 0.05) is 24.9 Å². The normalized spacial score (nSPS) is 25.2. The minimum atomic E-state index is -0.342. The van der Waals surface area contributed by atoms with E-state index < -0.39 is 0 Å². The zero-order valence-corrected chi connectivity index (χ0v) is 15.6. The van der Waals surface area contributed by atoms with E-state index in [0.717, 1.165) is 23.4 Å². The number of hydrogen-bond donors (Lipinski definition) is 0. The summed E-state index contributed by atoms with van der Waals surface area (Å²) in [4.78, 5) is 17.0. The standard InChI is InChI=1S/C20H23FN2O2S/c1-22-16-7-8-17(22)12-18(11-16)25-20(24)23(19-6-3-9-26-19)13-14-4-2-5-15(21)10-14/h2-6,9-10,16-18H,7-8,11-13H2,1H3/t16-,17+,18?. The summed E-state index contributed by atoms with van der Waals surface area (Å²) >= 11 is 1.48. The van der Waals surface area contributed by atoms with E-state index in [9.17, 15) is 9.18 Å². The van der Waals surface area contributed by atoms with Gasteiger partial charge in [-0.1, -0.05) is 12.1 Å². The van der Waals surface area contributed by atoms with Gasteiger partial charge in [0.2, 0.25) is 0 Å². The average molecular weight is 374 g/mol. The van der Waals surface area contributed by atoms with Crippen molar-refractivity contribution >= 4 is 22.4 Å². The number of hydrogen-bond acceptors (Lipinski definition) is 4.